The second kappa shape index (κ2) is 7.85. The van der Waals surface area contributed by atoms with Crippen LogP contribution in [0.5, 0.6) is 0 Å². The minimum atomic E-state index is -1.02. The van der Waals surface area contributed by atoms with Crippen molar-refractivity contribution in [2.45, 2.75) is 6.92 Å². The standard InChI is InChI=1S/C22H14ClNO5S/c1-12-16(6-3-7-17(12)21(26)27)18-9-8-15(29-18)11-19-20(25)24(22(28)30-19)14-5-2-4-13(23)10-14/h2-11H,1H3,(H,26,27)/b19-11+. The highest BCUT2D eigenvalue weighted by Gasteiger charge is 2.36. The molecule has 4 rings (SSSR count). The van der Waals surface area contributed by atoms with Crippen LogP contribution < -0.4 is 4.90 Å². The summed E-state index contributed by atoms with van der Waals surface area (Å²) in [5.41, 5.74) is 1.80. The van der Waals surface area contributed by atoms with Gasteiger partial charge in [0.15, 0.2) is 0 Å². The minimum Gasteiger partial charge on any atom is -0.478 e. The zero-order valence-corrected chi connectivity index (χ0v) is 17.2. The number of nitrogens with zero attached hydrogens (tertiary/aromatic N) is 1. The van der Waals surface area contributed by atoms with Gasteiger partial charge in [-0.2, -0.15) is 0 Å². The summed E-state index contributed by atoms with van der Waals surface area (Å²) in [6.07, 6.45) is 1.50. The monoisotopic (exact) mass is 439 g/mol. The summed E-state index contributed by atoms with van der Waals surface area (Å²) in [5.74, 6) is -0.636. The third kappa shape index (κ3) is 3.65. The van der Waals surface area contributed by atoms with Crippen molar-refractivity contribution in [3.63, 3.8) is 0 Å². The van der Waals surface area contributed by atoms with E-state index >= 15 is 0 Å². The molecule has 1 aromatic heterocycles. The number of carboxylic acids is 1. The number of carbonyl (C=O) groups excluding carboxylic acids is 2. The van der Waals surface area contributed by atoms with Gasteiger partial charge in [0.05, 0.1) is 16.2 Å². The van der Waals surface area contributed by atoms with Crippen molar-refractivity contribution in [2.75, 3.05) is 4.90 Å². The van der Waals surface area contributed by atoms with Crippen molar-refractivity contribution in [1.82, 2.24) is 0 Å². The molecule has 1 aliphatic rings. The number of imide groups is 1. The average molecular weight is 440 g/mol. The highest BCUT2D eigenvalue weighted by molar-refractivity contribution is 8.19. The Labute approximate surface area is 180 Å². The van der Waals surface area contributed by atoms with Gasteiger partial charge in [0.1, 0.15) is 11.5 Å². The highest BCUT2D eigenvalue weighted by atomic mass is 35.5. The van der Waals surface area contributed by atoms with E-state index in [1.807, 2.05) is 0 Å². The van der Waals surface area contributed by atoms with E-state index in [0.29, 0.717) is 33.4 Å². The van der Waals surface area contributed by atoms with Crippen LogP contribution in [-0.2, 0) is 4.79 Å². The number of carbonyl (C=O) groups is 3. The van der Waals surface area contributed by atoms with Crippen LogP contribution in [0, 0.1) is 6.92 Å². The topological polar surface area (TPSA) is 87.8 Å². The van der Waals surface area contributed by atoms with Gasteiger partial charge in [-0.1, -0.05) is 29.8 Å². The average Bonchev–Trinajstić information content (AvgIpc) is 3.26. The zero-order chi connectivity index (χ0) is 21.4. The van der Waals surface area contributed by atoms with Crippen LogP contribution in [0.25, 0.3) is 17.4 Å². The molecule has 3 aromatic rings. The van der Waals surface area contributed by atoms with Crippen molar-refractivity contribution < 1.29 is 23.9 Å². The van der Waals surface area contributed by atoms with E-state index in [1.54, 1.807) is 55.5 Å². The number of carboxylic acid groups (broad SMARTS) is 1. The smallest absolute Gasteiger partial charge is 0.335 e. The van der Waals surface area contributed by atoms with Crippen LogP contribution in [0.3, 0.4) is 0 Å². The van der Waals surface area contributed by atoms with Crippen LogP contribution in [0.2, 0.25) is 5.02 Å². The normalized spacial score (nSPS) is 15.3. The Kier molecular flexibility index (Phi) is 5.24. The first kappa shape index (κ1) is 20.0. The highest BCUT2D eigenvalue weighted by Crippen LogP contribution is 2.37. The number of thioether (sulfide) groups is 1. The number of benzene rings is 2. The molecule has 0 bridgehead atoms. The molecule has 2 amide bonds. The number of amides is 2. The minimum absolute atomic E-state index is 0.188. The molecule has 0 spiro atoms. The van der Waals surface area contributed by atoms with E-state index in [-0.39, 0.29) is 10.5 Å². The van der Waals surface area contributed by atoms with E-state index in [1.165, 1.54) is 12.1 Å². The van der Waals surface area contributed by atoms with E-state index in [4.69, 9.17) is 16.0 Å². The van der Waals surface area contributed by atoms with Gasteiger partial charge in [0.2, 0.25) is 0 Å². The Morgan fingerprint density at radius 1 is 1.13 bits per heavy atom. The second-order valence-corrected chi connectivity index (χ2v) is 7.91. The molecule has 0 atom stereocenters. The predicted molar refractivity (Wildman–Crippen MR) is 116 cm³/mol. The number of hydrogen-bond acceptors (Lipinski definition) is 5. The van der Waals surface area contributed by atoms with Gasteiger partial charge in [-0.05, 0) is 60.6 Å². The molecule has 1 aliphatic heterocycles. The number of rotatable bonds is 4. The first-order valence-corrected chi connectivity index (χ1v) is 10.0. The van der Waals surface area contributed by atoms with Gasteiger partial charge in [-0.15, -0.1) is 0 Å². The molecule has 150 valence electrons. The largest absolute Gasteiger partial charge is 0.478 e. The Balaban J connectivity index is 1.64. The maximum absolute atomic E-state index is 12.7. The molecule has 1 N–H and O–H groups in total. The van der Waals surface area contributed by atoms with Gasteiger partial charge in [0, 0.05) is 16.7 Å². The predicted octanol–water partition coefficient (Wildman–Crippen LogP) is 5.85. The maximum Gasteiger partial charge on any atom is 0.335 e. The van der Waals surface area contributed by atoms with Crippen LogP contribution in [0.4, 0.5) is 10.5 Å². The third-order valence-electron chi connectivity index (χ3n) is 4.59. The molecule has 30 heavy (non-hydrogen) atoms. The van der Waals surface area contributed by atoms with Crippen molar-refractivity contribution in [3.05, 3.63) is 81.4 Å². The molecule has 2 heterocycles. The summed E-state index contributed by atoms with van der Waals surface area (Å²) >= 11 is 6.78. The van der Waals surface area contributed by atoms with E-state index in [9.17, 15) is 19.5 Å². The van der Waals surface area contributed by atoms with Gasteiger partial charge in [-0.25, -0.2) is 9.69 Å². The van der Waals surface area contributed by atoms with E-state index in [0.717, 1.165) is 16.7 Å². The second-order valence-electron chi connectivity index (χ2n) is 6.48. The van der Waals surface area contributed by atoms with Crippen molar-refractivity contribution in [2.24, 2.45) is 0 Å². The van der Waals surface area contributed by atoms with Gasteiger partial charge >= 0.3 is 5.97 Å². The van der Waals surface area contributed by atoms with Gasteiger partial charge in [-0.3, -0.25) is 9.59 Å². The lowest BCUT2D eigenvalue weighted by molar-refractivity contribution is -0.113. The molecule has 8 heteroatoms. The first-order valence-electron chi connectivity index (χ1n) is 8.82. The summed E-state index contributed by atoms with van der Waals surface area (Å²) in [4.78, 5) is 37.7. The lowest BCUT2D eigenvalue weighted by atomic mass is 10.0. The zero-order valence-electron chi connectivity index (χ0n) is 15.6. The number of hydrogen-bond donors (Lipinski definition) is 1. The van der Waals surface area contributed by atoms with Gasteiger partial charge in [0.25, 0.3) is 11.1 Å². The number of furan rings is 1. The SMILES string of the molecule is Cc1c(C(=O)O)cccc1-c1ccc(/C=C2/SC(=O)N(c3cccc(Cl)c3)C2=O)o1. The Morgan fingerprint density at radius 2 is 1.90 bits per heavy atom. The Bertz CT molecular complexity index is 1230. The van der Waals surface area contributed by atoms with Crippen molar-refractivity contribution in [3.8, 4) is 11.3 Å². The van der Waals surface area contributed by atoms with Crippen molar-refractivity contribution in [1.29, 1.82) is 0 Å². The molecule has 1 saturated heterocycles. The number of anilines is 1. The fourth-order valence-electron chi connectivity index (χ4n) is 3.14. The summed E-state index contributed by atoms with van der Waals surface area (Å²) in [6.45, 7) is 1.71. The summed E-state index contributed by atoms with van der Waals surface area (Å²) in [6, 6.07) is 14.8. The van der Waals surface area contributed by atoms with Crippen LogP contribution in [0.15, 0.2) is 63.9 Å². The first-order chi connectivity index (χ1) is 14.3. The maximum atomic E-state index is 12.7. The lowest BCUT2D eigenvalue weighted by Crippen LogP contribution is -2.27. The van der Waals surface area contributed by atoms with Crippen molar-refractivity contribution >= 4 is 52.2 Å². The molecule has 0 saturated carbocycles. The molecule has 0 aliphatic carbocycles. The summed E-state index contributed by atoms with van der Waals surface area (Å²) in [7, 11) is 0. The summed E-state index contributed by atoms with van der Waals surface area (Å²) < 4.78 is 5.81. The Hall–Kier alpha value is -3.29. The molecular weight excluding hydrogens is 426 g/mol. The molecule has 0 radical (unpaired) electrons. The van der Waals surface area contributed by atoms with E-state index < -0.39 is 17.1 Å². The van der Waals surface area contributed by atoms with Crippen LogP contribution in [-0.4, -0.2) is 22.2 Å². The fourth-order valence-corrected chi connectivity index (χ4v) is 4.15. The number of halogens is 1. The fraction of sp³-hybridized carbons (Fsp3) is 0.0455. The van der Waals surface area contributed by atoms with Crippen LogP contribution >= 0.6 is 23.4 Å². The van der Waals surface area contributed by atoms with E-state index in [2.05, 4.69) is 0 Å². The molecule has 6 nitrogen and oxygen atoms in total. The summed E-state index contributed by atoms with van der Waals surface area (Å²) in [5, 5.41) is 9.29. The molecule has 0 unspecified atom stereocenters. The third-order valence-corrected chi connectivity index (χ3v) is 5.69. The Morgan fingerprint density at radius 3 is 2.63 bits per heavy atom. The molecular formula is C22H14ClNO5S. The van der Waals surface area contributed by atoms with Gasteiger partial charge < -0.3 is 9.52 Å². The molecule has 1 fully saturated rings. The quantitative estimate of drug-likeness (QED) is 0.513. The lowest BCUT2D eigenvalue weighted by Gasteiger charge is -2.12. The van der Waals surface area contributed by atoms with Crippen LogP contribution in [0.1, 0.15) is 21.7 Å². The number of aromatic carboxylic acids is 1. The molecule has 2 aromatic carbocycles.